The van der Waals surface area contributed by atoms with Crippen LogP contribution in [0.5, 0.6) is 0 Å². The Labute approximate surface area is 166 Å². The first-order valence-electron chi connectivity index (χ1n) is 10.5. The van der Waals surface area contributed by atoms with Crippen LogP contribution in [-0.4, -0.2) is 42.4 Å². The number of amides is 2. The van der Waals surface area contributed by atoms with Crippen LogP contribution >= 0.6 is 0 Å². The Balaban J connectivity index is 1.47. The minimum absolute atomic E-state index is 0.0198. The molecule has 0 spiro atoms. The number of benzene rings is 1. The molecule has 2 fully saturated rings. The van der Waals surface area contributed by atoms with Crippen LogP contribution in [0.1, 0.15) is 62.2 Å². The number of nitrogens with zero attached hydrogens (tertiary/aromatic N) is 1. The normalized spacial score (nSPS) is 18.5. The lowest BCUT2D eigenvalue weighted by atomic mass is 9.87. The molecular weight excluding hydrogens is 356 g/mol. The number of carbonyl (C=O) groups is 3. The van der Waals surface area contributed by atoms with E-state index in [0.717, 1.165) is 25.7 Å². The van der Waals surface area contributed by atoms with Gasteiger partial charge in [-0.25, -0.2) is 4.79 Å². The van der Waals surface area contributed by atoms with Gasteiger partial charge < -0.3 is 15.0 Å². The Morgan fingerprint density at radius 2 is 1.61 bits per heavy atom. The Bertz CT molecular complexity index is 687. The van der Waals surface area contributed by atoms with E-state index >= 15 is 0 Å². The van der Waals surface area contributed by atoms with Gasteiger partial charge in [-0.1, -0.05) is 19.3 Å². The summed E-state index contributed by atoms with van der Waals surface area (Å²) in [4.78, 5) is 38.8. The number of rotatable bonds is 5. The summed E-state index contributed by atoms with van der Waals surface area (Å²) in [6.45, 7) is 3.42. The molecule has 1 saturated carbocycles. The number of nitrogens with one attached hydrogen (secondary N) is 1. The van der Waals surface area contributed by atoms with Crippen LogP contribution in [-0.2, 0) is 14.3 Å². The summed E-state index contributed by atoms with van der Waals surface area (Å²) in [7, 11) is 0. The molecule has 1 aromatic carbocycles. The van der Waals surface area contributed by atoms with Crippen molar-refractivity contribution in [2.75, 3.05) is 25.0 Å². The third-order valence-corrected chi connectivity index (χ3v) is 5.80. The number of ether oxygens (including phenoxy) is 1. The van der Waals surface area contributed by atoms with Crippen molar-refractivity contribution >= 4 is 23.5 Å². The fourth-order valence-corrected chi connectivity index (χ4v) is 4.12. The summed E-state index contributed by atoms with van der Waals surface area (Å²) >= 11 is 0. The number of hydrogen-bond acceptors (Lipinski definition) is 4. The molecule has 0 bridgehead atoms. The van der Waals surface area contributed by atoms with E-state index in [1.165, 1.54) is 6.42 Å². The van der Waals surface area contributed by atoms with E-state index in [9.17, 15) is 14.4 Å². The quantitative estimate of drug-likeness (QED) is 0.784. The number of likely N-dealkylation sites (tertiary alicyclic amines) is 1. The topological polar surface area (TPSA) is 75.7 Å². The van der Waals surface area contributed by atoms with Crippen LogP contribution in [0, 0.1) is 11.8 Å². The first kappa shape index (κ1) is 20.4. The van der Waals surface area contributed by atoms with Gasteiger partial charge in [0.25, 0.3) is 0 Å². The Morgan fingerprint density at radius 1 is 0.964 bits per heavy atom. The molecule has 0 aromatic heterocycles. The van der Waals surface area contributed by atoms with Gasteiger partial charge in [0, 0.05) is 30.6 Å². The highest BCUT2D eigenvalue weighted by atomic mass is 16.5. The highest BCUT2D eigenvalue weighted by Crippen LogP contribution is 2.28. The molecule has 1 aromatic rings. The fraction of sp³-hybridized carbons (Fsp3) is 0.591. The van der Waals surface area contributed by atoms with E-state index in [1.807, 2.05) is 4.90 Å². The third-order valence-electron chi connectivity index (χ3n) is 5.80. The van der Waals surface area contributed by atoms with Gasteiger partial charge in [-0.15, -0.1) is 0 Å². The lowest BCUT2D eigenvalue weighted by Gasteiger charge is -2.34. The van der Waals surface area contributed by atoms with Gasteiger partial charge >= 0.3 is 5.97 Å². The predicted octanol–water partition coefficient (Wildman–Crippen LogP) is 3.62. The zero-order valence-electron chi connectivity index (χ0n) is 16.6. The van der Waals surface area contributed by atoms with Crippen LogP contribution in [0.25, 0.3) is 0 Å². The molecule has 1 N–H and O–H groups in total. The average molecular weight is 386 g/mol. The third kappa shape index (κ3) is 5.12. The van der Waals surface area contributed by atoms with Crippen LogP contribution < -0.4 is 5.32 Å². The van der Waals surface area contributed by atoms with Crippen molar-refractivity contribution in [2.45, 2.75) is 51.9 Å². The zero-order valence-corrected chi connectivity index (χ0v) is 16.6. The van der Waals surface area contributed by atoms with E-state index < -0.39 is 0 Å². The number of esters is 1. The van der Waals surface area contributed by atoms with Crippen LogP contribution in [0.4, 0.5) is 5.69 Å². The van der Waals surface area contributed by atoms with Gasteiger partial charge in [-0.2, -0.15) is 0 Å². The van der Waals surface area contributed by atoms with E-state index in [1.54, 1.807) is 31.2 Å². The van der Waals surface area contributed by atoms with Crippen LogP contribution in [0.3, 0.4) is 0 Å². The smallest absolute Gasteiger partial charge is 0.338 e. The summed E-state index contributed by atoms with van der Waals surface area (Å²) in [5.74, 6) is 0.00863. The maximum atomic E-state index is 12.6. The molecule has 1 aliphatic carbocycles. The monoisotopic (exact) mass is 386 g/mol. The molecule has 2 amide bonds. The van der Waals surface area contributed by atoms with Crippen molar-refractivity contribution in [1.29, 1.82) is 0 Å². The highest BCUT2D eigenvalue weighted by molar-refractivity contribution is 5.94. The van der Waals surface area contributed by atoms with Crippen molar-refractivity contribution in [3.63, 3.8) is 0 Å². The van der Waals surface area contributed by atoms with Gasteiger partial charge in [-0.3, -0.25) is 9.59 Å². The SMILES string of the molecule is CCOC(=O)c1ccc(NC(=O)C2CCN(C(=O)C3CCCCC3)CC2)cc1. The van der Waals surface area contributed by atoms with Crippen LogP contribution in [0.15, 0.2) is 24.3 Å². The largest absolute Gasteiger partial charge is 0.462 e. The van der Waals surface area contributed by atoms with Crippen molar-refractivity contribution in [2.24, 2.45) is 11.8 Å². The van der Waals surface area contributed by atoms with Crippen molar-refractivity contribution < 1.29 is 19.1 Å². The summed E-state index contributed by atoms with van der Waals surface area (Å²) in [6.07, 6.45) is 6.99. The van der Waals surface area contributed by atoms with Crippen LogP contribution in [0.2, 0.25) is 0 Å². The highest BCUT2D eigenvalue weighted by Gasteiger charge is 2.31. The molecule has 0 radical (unpaired) electrons. The number of piperidine rings is 1. The molecule has 1 aliphatic heterocycles. The molecule has 28 heavy (non-hydrogen) atoms. The molecule has 0 atom stereocenters. The Hall–Kier alpha value is -2.37. The summed E-state index contributed by atoms with van der Waals surface area (Å²) < 4.78 is 4.96. The number of hydrogen-bond donors (Lipinski definition) is 1. The second-order valence-electron chi connectivity index (χ2n) is 7.72. The molecule has 152 valence electrons. The minimum atomic E-state index is -0.365. The van der Waals surface area contributed by atoms with Gasteiger partial charge in [0.15, 0.2) is 0 Å². The summed E-state index contributed by atoms with van der Waals surface area (Å²) in [5, 5.41) is 2.92. The van der Waals surface area contributed by atoms with Gasteiger partial charge in [-0.05, 0) is 56.9 Å². The molecule has 2 aliphatic rings. The average Bonchev–Trinajstić information content (AvgIpc) is 2.74. The molecule has 1 heterocycles. The predicted molar refractivity (Wildman–Crippen MR) is 107 cm³/mol. The zero-order chi connectivity index (χ0) is 19.9. The lowest BCUT2D eigenvalue weighted by molar-refractivity contribution is -0.139. The van der Waals surface area contributed by atoms with Crippen molar-refractivity contribution in [3.8, 4) is 0 Å². The first-order chi connectivity index (χ1) is 13.6. The van der Waals surface area contributed by atoms with E-state index in [4.69, 9.17) is 4.74 Å². The first-order valence-corrected chi connectivity index (χ1v) is 10.5. The minimum Gasteiger partial charge on any atom is -0.462 e. The Morgan fingerprint density at radius 3 is 2.21 bits per heavy atom. The molecule has 3 rings (SSSR count). The van der Waals surface area contributed by atoms with Crippen molar-refractivity contribution in [3.05, 3.63) is 29.8 Å². The van der Waals surface area contributed by atoms with E-state index in [2.05, 4.69) is 5.32 Å². The maximum Gasteiger partial charge on any atom is 0.338 e. The fourth-order valence-electron chi connectivity index (χ4n) is 4.12. The second-order valence-corrected chi connectivity index (χ2v) is 7.72. The van der Waals surface area contributed by atoms with E-state index in [0.29, 0.717) is 43.8 Å². The number of carbonyl (C=O) groups excluding carboxylic acids is 3. The summed E-state index contributed by atoms with van der Waals surface area (Å²) in [6, 6.07) is 6.73. The molecule has 6 nitrogen and oxygen atoms in total. The summed E-state index contributed by atoms with van der Waals surface area (Å²) in [5.41, 5.74) is 1.13. The van der Waals surface area contributed by atoms with Gasteiger partial charge in [0.1, 0.15) is 0 Å². The number of anilines is 1. The maximum absolute atomic E-state index is 12.6. The Kier molecular flexibility index (Phi) is 7.06. The van der Waals surface area contributed by atoms with Crippen molar-refractivity contribution in [1.82, 2.24) is 4.90 Å². The second kappa shape index (κ2) is 9.71. The molecule has 0 unspecified atom stereocenters. The van der Waals surface area contributed by atoms with E-state index in [-0.39, 0.29) is 29.6 Å². The van der Waals surface area contributed by atoms with Gasteiger partial charge in [0.05, 0.1) is 12.2 Å². The molecule has 1 saturated heterocycles. The molecule has 6 heteroatoms. The lowest BCUT2D eigenvalue weighted by Crippen LogP contribution is -2.44. The van der Waals surface area contributed by atoms with Gasteiger partial charge in [0.2, 0.25) is 11.8 Å². The molecular formula is C22H30N2O4. The standard InChI is InChI=1S/C22H30N2O4/c1-2-28-22(27)18-8-10-19(11-9-18)23-20(25)16-12-14-24(15-13-16)21(26)17-6-4-3-5-7-17/h8-11,16-17H,2-7,12-15H2,1H3,(H,23,25).